The van der Waals surface area contributed by atoms with Crippen molar-refractivity contribution in [3.05, 3.63) is 0 Å². The second kappa shape index (κ2) is 5.89. The fraction of sp³-hybridized carbons (Fsp3) is 0.833. The molecule has 130 valence electrons. The average molecular weight is 348 g/mol. The highest BCUT2D eigenvalue weighted by atomic mass is 32.3. The van der Waals surface area contributed by atoms with Gasteiger partial charge in [-0.2, -0.15) is 13.5 Å². The molecule has 2 heterocycles. The first kappa shape index (κ1) is 16.4. The van der Waals surface area contributed by atoms with Crippen LogP contribution in [-0.2, 0) is 19.5 Å². The molecular weight excluding hydrogens is 328 g/mol. The lowest BCUT2D eigenvalue weighted by molar-refractivity contribution is -0.139. The van der Waals surface area contributed by atoms with Gasteiger partial charge >= 0.3 is 16.4 Å². The van der Waals surface area contributed by atoms with Gasteiger partial charge in [0.2, 0.25) is 0 Å². The topological polar surface area (TPSA) is 133 Å². The van der Waals surface area contributed by atoms with E-state index in [4.69, 9.17) is 10.4 Å². The van der Waals surface area contributed by atoms with Crippen molar-refractivity contribution in [3.8, 4) is 0 Å². The maximum absolute atomic E-state index is 12.6. The van der Waals surface area contributed by atoms with Gasteiger partial charge in [-0.05, 0) is 25.7 Å². The number of nitrogens with zero attached hydrogens (tertiary/aromatic N) is 3. The van der Waals surface area contributed by atoms with Gasteiger partial charge < -0.3 is 4.90 Å². The molecule has 3 aliphatic rings. The van der Waals surface area contributed by atoms with Crippen LogP contribution in [-0.4, -0.2) is 64.6 Å². The molecule has 3 rings (SSSR count). The molecule has 2 aliphatic heterocycles. The molecule has 3 fully saturated rings. The predicted octanol–water partition coefficient (Wildman–Crippen LogP) is -0.366. The number of hydroxylamine groups is 2. The van der Waals surface area contributed by atoms with E-state index in [1.807, 2.05) is 0 Å². The lowest BCUT2D eigenvalue weighted by Gasteiger charge is -2.34. The van der Waals surface area contributed by atoms with E-state index >= 15 is 0 Å². The first-order valence-corrected chi connectivity index (χ1v) is 8.99. The number of nitrogens with two attached hydrogens (primary N) is 1. The van der Waals surface area contributed by atoms with Crippen molar-refractivity contribution in [1.29, 1.82) is 0 Å². The third-order valence-corrected chi connectivity index (χ3v) is 5.10. The minimum absolute atomic E-state index is 0.0110. The summed E-state index contributed by atoms with van der Waals surface area (Å²) in [5.41, 5.74) is 0. The summed E-state index contributed by atoms with van der Waals surface area (Å²) in [6.45, 7) is 0.170. The fourth-order valence-corrected chi connectivity index (χ4v) is 4.01. The molecule has 2 saturated heterocycles. The minimum atomic E-state index is -4.79. The molecule has 2 unspecified atom stereocenters. The maximum atomic E-state index is 12.6. The molecule has 23 heavy (non-hydrogen) atoms. The SMILES string of the molecule is NN(C(=O)C1CCC2CN1C(=O)N2OS(=O)(=O)O)C1CCCC1. The van der Waals surface area contributed by atoms with Crippen molar-refractivity contribution >= 4 is 22.3 Å². The van der Waals surface area contributed by atoms with Crippen LogP contribution in [0.4, 0.5) is 4.79 Å². The molecule has 3 amide bonds. The molecule has 0 radical (unpaired) electrons. The first-order valence-electron chi connectivity index (χ1n) is 7.62. The first-order chi connectivity index (χ1) is 10.8. The van der Waals surface area contributed by atoms with E-state index in [1.54, 1.807) is 0 Å². The highest BCUT2D eigenvalue weighted by molar-refractivity contribution is 7.80. The van der Waals surface area contributed by atoms with Gasteiger partial charge in [-0.25, -0.2) is 10.6 Å². The standard InChI is InChI=1S/C12H20N4O6S/c13-15(8-3-1-2-4-8)11(17)10-6-5-9-7-14(10)12(18)16(9)22-23(19,20)21/h8-10H,1-7,13H2,(H,19,20,21). The number of fused-ring (bicyclic) bond motifs is 2. The molecule has 0 spiro atoms. The zero-order valence-electron chi connectivity index (χ0n) is 12.5. The van der Waals surface area contributed by atoms with E-state index < -0.39 is 28.5 Å². The summed E-state index contributed by atoms with van der Waals surface area (Å²) in [6, 6.07) is -1.99. The van der Waals surface area contributed by atoms with Gasteiger partial charge in [-0.3, -0.25) is 14.4 Å². The van der Waals surface area contributed by atoms with Crippen LogP contribution in [0.15, 0.2) is 0 Å². The summed E-state index contributed by atoms with van der Waals surface area (Å²) in [5.74, 6) is 5.60. The van der Waals surface area contributed by atoms with E-state index in [0.717, 1.165) is 25.7 Å². The summed E-state index contributed by atoms with van der Waals surface area (Å²) in [5, 5.41) is 1.84. The number of amides is 3. The molecule has 2 bridgehead atoms. The molecule has 1 aliphatic carbocycles. The van der Waals surface area contributed by atoms with Gasteiger partial charge in [-0.15, -0.1) is 4.28 Å². The quantitative estimate of drug-likeness (QED) is 0.306. The van der Waals surface area contributed by atoms with E-state index in [0.29, 0.717) is 17.9 Å². The lowest BCUT2D eigenvalue weighted by Crippen LogP contribution is -2.55. The minimum Gasteiger partial charge on any atom is -0.309 e. The molecule has 0 aromatic carbocycles. The van der Waals surface area contributed by atoms with Gasteiger partial charge in [0.05, 0.1) is 6.04 Å². The van der Waals surface area contributed by atoms with E-state index in [9.17, 15) is 18.0 Å². The highest BCUT2D eigenvalue weighted by Gasteiger charge is 2.50. The maximum Gasteiger partial charge on any atom is 0.418 e. The third-order valence-electron chi connectivity index (χ3n) is 4.75. The number of hydrogen-bond acceptors (Lipinski definition) is 6. The van der Waals surface area contributed by atoms with Crippen LogP contribution < -0.4 is 5.84 Å². The summed E-state index contributed by atoms with van der Waals surface area (Å²) >= 11 is 0. The molecule has 2 atom stereocenters. The Morgan fingerprint density at radius 1 is 1.26 bits per heavy atom. The van der Waals surface area contributed by atoms with Crippen molar-refractivity contribution < 1.29 is 26.8 Å². The molecule has 10 nitrogen and oxygen atoms in total. The second-order valence-corrected chi connectivity index (χ2v) is 7.20. The van der Waals surface area contributed by atoms with Crippen LogP contribution >= 0.6 is 0 Å². The Morgan fingerprint density at radius 3 is 2.52 bits per heavy atom. The van der Waals surface area contributed by atoms with Crippen LogP contribution in [0.5, 0.6) is 0 Å². The number of piperidine rings is 1. The van der Waals surface area contributed by atoms with Gasteiger partial charge in [0.25, 0.3) is 5.91 Å². The zero-order chi connectivity index (χ0) is 16.8. The smallest absolute Gasteiger partial charge is 0.309 e. The molecule has 0 aromatic heterocycles. The second-order valence-electron chi connectivity index (χ2n) is 6.19. The van der Waals surface area contributed by atoms with Crippen molar-refractivity contribution in [3.63, 3.8) is 0 Å². The number of carbonyl (C=O) groups is 2. The number of carbonyl (C=O) groups excluding carboxylic acids is 2. The number of hydrogen-bond donors (Lipinski definition) is 2. The van der Waals surface area contributed by atoms with Crippen molar-refractivity contribution in [1.82, 2.24) is 15.0 Å². The molecule has 1 saturated carbocycles. The van der Waals surface area contributed by atoms with Gasteiger partial charge in [0, 0.05) is 12.6 Å². The molecule has 3 N–H and O–H groups in total. The van der Waals surface area contributed by atoms with Crippen molar-refractivity contribution in [2.45, 2.75) is 56.7 Å². The highest BCUT2D eigenvalue weighted by Crippen LogP contribution is 2.32. The predicted molar refractivity (Wildman–Crippen MR) is 76.7 cm³/mol. The Balaban J connectivity index is 1.72. The third kappa shape index (κ3) is 3.13. The monoisotopic (exact) mass is 348 g/mol. The Labute approximate surface area is 134 Å². The van der Waals surface area contributed by atoms with E-state index in [1.165, 1.54) is 9.91 Å². The number of rotatable bonds is 4. The number of hydrazine groups is 1. The zero-order valence-corrected chi connectivity index (χ0v) is 13.3. The molecule has 11 heteroatoms. The van der Waals surface area contributed by atoms with E-state index in [-0.39, 0.29) is 18.5 Å². The van der Waals surface area contributed by atoms with Crippen molar-refractivity contribution in [2.24, 2.45) is 5.84 Å². The van der Waals surface area contributed by atoms with Gasteiger partial charge in [0.15, 0.2) is 0 Å². The largest absolute Gasteiger partial charge is 0.418 e. The molecule has 0 aromatic rings. The normalized spacial score (nSPS) is 28.5. The van der Waals surface area contributed by atoms with Crippen molar-refractivity contribution in [2.75, 3.05) is 6.54 Å². The summed E-state index contributed by atoms with van der Waals surface area (Å²) < 4.78 is 34.8. The van der Waals surface area contributed by atoms with Crippen LogP contribution in [0.3, 0.4) is 0 Å². The average Bonchev–Trinajstić information content (AvgIpc) is 3.09. The number of urea groups is 1. The fourth-order valence-electron chi connectivity index (χ4n) is 3.62. The van der Waals surface area contributed by atoms with Crippen LogP contribution in [0.2, 0.25) is 0 Å². The summed E-state index contributed by atoms with van der Waals surface area (Å²) in [6.07, 6.45) is 4.52. The lowest BCUT2D eigenvalue weighted by atomic mass is 9.99. The van der Waals surface area contributed by atoms with Crippen LogP contribution in [0, 0.1) is 0 Å². The van der Waals surface area contributed by atoms with Gasteiger partial charge in [-0.1, -0.05) is 12.8 Å². The Morgan fingerprint density at radius 2 is 1.91 bits per heavy atom. The summed E-state index contributed by atoms with van der Waals surface area (Å²) in [7, 11) is -4.79. The van der Waals surface area contributed by atoms with E-state index in [2.05, 4.69) is 4.28 Å². The Hall–Kier alpha value is -1.43. The summed E-state index contributed by atoms with van der Waals surface area (Å²) in [4.78, 5) is 26.1. The van der Waals surface area contributed by atoms with Crippen LogP contribution in [0.1, 0.15) is 38.5 Å². The van der Waals surface area contributed by atoms with Gasteiger partial charge in [0.1, 0.15) is 6.04 Å². The Kier molecular flexibility index (Phi) is 4.21. The van der Waals surface area contributed by atoms with Crippen LogP contribution in [0.25, 0.3) is 0 Å². The Bertz CT molecular complexity index is 605. The molecular formula is C12H20N4O6S.